The van der Waals surface area contributed by atoms with E-state index in [4.69, 9.17) is 20.4 Å². The van der Waals surface area contributed by atoms with E-state index in [-0.39, 0.29) is 18.3 Å². The van der Waals surface area contributed by atoms with Gasteiger partial charge in [-0.1, -0.05) is 30.3 Å². The fourth-order valence-electron chi connectivity index (χ4n) is 2.66. The summed E-state index contributed by atoms with van der Waals surface area (Å²) in [5, 5.41) is 15.6. The molecule has 0 unspecified atom stereocenters. The van der Waals surface area contributed by atoms with Crippen molar-refractivity contribution in [3.63, 3.8) is 0 Å². The first-order chi connectivity index (χ1) is 14.5. The maximum atomic E-state index is 12.4. The summed E-state index contributed by atoms with van der Waals surface area (Å²) in [5.74, 6) is -1.40. The van der Waals surface area contributed by atoms with Crippen LogP contribution in [0.15, 0.2) is 36.4 Å². The van der Waals surface area contributed by atoms with Crippen LogP contribution in [0.3, 0.4) is 0 Å². The van der Waals surface area contributed by atoms with Crippen molar-refractivity contribution in [2.75, 3.05) is 19.9 Å². The number of carboxylic acids is 1. The number of nitrogens with zero attached hydrogens (tertiary/aromatic N) is 3. The van der Waals surface area contributed by atoms with E-state index in [9.17, 15) is 18.0 Å². The summed E-state index contributed by atoms with van der Waals surface area (Å²) >= 11 is 0. The second-order valence-corrected chi connectivity index (χ2v) is 6.34. The van der Waals surface area contributed by atoms with Crippen molar-refractivity contribution < 1.29 is 32.6 Å². The molecule has 0 bridgehead atoms. The number of carbonyl (C=O) groups is 2. The Morgan fingerprint density at radius 3 is 2.32 bits per heavy atom. The first kappa shape index (κ1) is 23.4. The molecule has 3 rings (SSSR count). The molecule has 0 aliphatic carbocycles. The van der Waals surface area contributed by atoms with Crippen molar-refractivity contribution >= 4 is 28.6 Å². The number of nitrogens with two attached hydrogens (primary N) is 1. The first-order valence-electron chi connectivity index (χ1n) is 8.78. The Morgan fingerprint density at radius 2 is 1.81 bits per heavy atom. The Labute approximate surface area is 174 Å². The Kier molecular flexibility index (Phi) is 7.40. The van der Waals surface area contributed by atoms with Gasteiger partial charge in [0, 0.05) is 19.0 Å². The van der Waals surface area contributed by atoms with Crippen molar-refractivity contribution in [3.8, 4) is 5.75 Å². The van der Waals surface area contributed by atoms with Crippen molar-refractivity contribution in [2.24, 2.45) is 0 Å². The van der Waals surface area contributed by atoms with Crippen LogP contribution < -0.4 is 10.5 Å². The monoisotopic (exact) mass is 439 g/mol. The van der Waals surface area contributed by atoms with Crippen molar-refractivity contribution in [3.05, 3.63) is 47.8 Å². The van der Waals surface area contributed by atoms with Crippen molar-refractivity contribution in [1.82, 2.24) is 20.1 Å². The molecule has 2 aromatic carbocycles. The molecule has 0 saturated heterocycles. The number of carbonyl (C=O) groups excluding carboxylic acids is 1. The number of carboxylic acid groups (broad SMARTS) is 1. The third-order valence-corrected chi connectivity index (χ3v) is 4.14. The minimum atomic E-state index is -5.08. The Bertz CT molecular complexity index is 1070. The van der Waals surface area contributed by atoms with Gasteiger partial charge in [0.25, 0.3) is 0 Å². The smallest absolute Gasteiger partial charge is 0.490 e. The Balaban J connectivity index is 0.000000423. The highest BCUT2D eigenvalue weighted by atomic mass is 19.4. The molecule has 0 atom stereocenters. The first-order valence-corrected chi connectivity index (χ1v) is 8.78. The summed E-state index contributed by atoms with van der Waals surface area (Å²) in [5.41, 5.74) is 6.51. The second-order valence-electron chi connectivity index (χ2n) is 6.34. The maximum Gasteiger partial charge on any atom is 0.490 e. The third-order valence-electron chi connectivity index (χ3n) is 4.14. The van der Waals surface area contributed by atoms with Gasteiger partial charge in [0.15, 0.2) is 0 Å². The summed E-state index contributed by atoms with van der Waals surface area (Å²) < 4.78 is 37.1. The molecule has 0 aliphatic rings. The Morgan fingerprint density at radius 1 is 1.19 bits per heavy atom. The molecule has 9 nitrogen and oxygen atoms in total. The molecule has 0 spiro atoms. The molecule has 1 heterocycles. The van der Waals surface area contributed by atoms with Gasteiger partial charge in [-0.25, -0.2) is 4.79 Å². The summed E-state index contributed by atoms with van der Waals surface area (Å²) in [6.45, 7) is 0.493. The number of hydrogen-bond acceptors (Lipinski definition) is 6. The number of ether oxygens (including phenoxy) is 1. The number of amides is 1. The predicted molar refractivity (Wildman–Crippen MR) is 105 cm³/mol. The lowest BCUT2D eigenvalue weighted by Crippen LogP contribution is -2.28. The van der Waals surface area contributed by atoms with Crippen molar-refractivity contribution in [1.29, 1.82) is 0 Å². The maximum absolute atomic E-state index is 12.4. The number of fused-ring (bicyclic) bond motifs is 1. The number of alkyl halides is 3. The van der Waals surface area contributed by atoms with Gasteiger partial charge in [0.05, 0.1) is 13.5 Å². The summed E-state index contributed by atoms with van der Waals surface area (Å²) in [7, 11) is 3.42. The summed E-state index contributed by atoms with van der Waals surface area (Å²) in [4.78, 5) is 26.9. The number of aliphatic carboxylic acids is 1. The van der Waals surface area contributed by atoms with E-state index < -0.39 is 12.1 Å². The van der Waals surface area contributed by atoms with Crippen LogP contribution in [0.5, 0.6) is 5.75 Å². The van der Waals surface area contributed by atoms with E-state index in [1.807, 2.05) is 36.4 Å². The topological polar surface area (TPSA) is 134 Å². The molecular formula is C19H20F3N5O4. The molecule has 0 radical (unpaired) electrons. The highest BCUT2D eigenvalue weighted by Gasteiger charge is 2.38. The van der Waals surface area contributed by atoms with E-state index in [0.29, 0.717) is 12.4 Å². The fourth-order valence-corrected chi connectivity index (χ4v) is 2.66. The van der Waals surface area contributed by atoms with Crippen LogP contribution in [0.1, 0.15) is 11.4 Å². The average Bonchev–Trinajstić information content (AvgIpc) is 3.12. The zero-order valence-electron chi connectivity index (χ0n) is 16.6. The van der Waals surface area contributed by atoms with E-state index >= 15 is 0 Å². The van der Waals surface area contributed by atoms with E-state index in [1.54, 1.807) is 19.1 Å². The fraction of sp³-hybridized carbons (Fsp3) is 0.263. The largest absolute Gasteiger partial charge is 0.496 e. The molecule has 1 aromatic heterocycles. The van der Waals surface area contributed by atoms with Crippen LogP contribution in [0.2, 0.25) is 0 Å². The van der Waals surface area contributed by atoms with Crippen LogP contribution in [0, 0.1) is 0 Å². The summed E-state index contributed by atoms with van der Waals surface area (Å²) in [6, 6.07) is 11.9. The molecule has 0 fully saturated rings. The number of H-pyrrole nitrogens is 1. The molecule has 0 aliphatic heterocycles. The summed E-state index contributed by atoms with van der Waals surface area (Å²) in [6.07, 6.45) is -4.95. The number of aromatic nitrogens is 3. The normalized spacial score (nSPS) is 10.9. The molecule has 4 N–H and O–H groups in total. The number of benzene rings is 2. The molecule has 166 valence electrons. The minimum absolute atomic E-state index is 0.0638. The second kappa shape index (κ2) is 9.78. The van der Waals surface area contributed by atoms with Gasteiger partial charge in [0.2, 0.25) is 11.9 Å². The number of anilines is 1. The van der Waals surface area contributed by atoms with Crippen LogP contribution >= 0.6 is 0 Å². The average molecular weight is 439 g/mol. The highest BCUT2D eigenvalue weighted by molar-refractivity contribution is 5.91. The van der Waals surface area contributed by atoms with Crippen LogP contribution in [-0.4, -0.2) is 57.4 Å². The number of methoxy groups -OCH3 is 1. The minimum Gasteiger partial charge on any atom is -0.496 e. The highest BCUT2D eigenvalue weighted by Crippen LogP contribution is 2.29. The van der Waals surface area contributed by atoms with Gasteiger partial charge in [-0.3, -0.25) is 9.89 Å². The number of hydrogen-bond donors (Lipinski definition) is 3. The number of aromatic amines is 1. The van der Waals surface area contributed by atoms with Gasteiger partial charge >= 0.3 is 12.1 Å². The molecule has 1 amide bonds. The number of nitrogens with one attached hydrogen (secondary N) is 1. The molecule has 0 saturated carbocycles. The van der Waals surface area contributed by atoms with Crippen LogP contribution in [0.25, 0.3) is 10.8 Å². The molecule has 31 heavy (non-hydrogen) atoms. The van der Waals surface area contributed by atoms with E-state index in [0.717, 1.165) is 22.1 Å². The molecule has 12 heteroatoms. The SMILES string of the molecule is COc1ccc(CN(C)C(=O)Cc2nc(N)n[nH]2)c2ccccc12.O=C(O)C(F)(F)F. The number of nitrogen functional groups attached to an aromatic ring is 1. The van der Waals surface area contributed by atoms with Gasteiger partial charge < -0.3 is 20.5 Å². The third kappa shape index (κ3) is 6.32. The number of rotatable bonds is 5. The van der Waals surface area contributed by atoms with E-state index in [2.05, 4.69) is 15.2 Å². The molecular weight excluding hydrogens is 419 g/mol. The Hall–Kier alpha value is -3.83. The van der Waals surface area contributed by atoms with Crippen LogP contribution in [0.4, 0.5) is 19.1 Å². The van der Waals surface area contributed by atoms with Gasteiger partial charge in [-0.15, -0.1) is 5.10 Å². The lowest BCUT2D eigenvalue weighted by atomic mass is 10.0. The van der Waals surface area contributed by atoms with E-state index in [1.165, 1.54) is 0 Å². The number of likely N-dealkylation sites (N-methyl/N-ethyl adjacent to an activating group) is 1. The van der Waals surface area contributed by atoms with Crippen molar-refractivity contribution in [2.45, 2.75) is 19.1 Å². The number of halogens is 3. The van der Waals surface area contributed by atoms with Gasteiger partial charge in [-0.05, 0) is 17.0 Å². The van der Waals surface area contributed by atoms with Gasteiger partial charge in [0.1, 0.15) is 11.6 Å². The molecule has 3 aromatic rings. The standard InChI is InChI=1S/C17H19N5O2.C2HF3O2/c1-22(16(23)9-15-19-17(18)21-20-15)10-11-7-8-14(24-2)13-6-4-3-5-12(11)13;3-2(4,5)1(6)7/h3-8H,9-10H2,1-2H3,(H3,18,19,20,21);(H,6,7). The van der Waals surface area contributed by atoms with Crippen LogP contribution in [-0.2, 0) is 22.6 Å². The predicted octanol–water partition coefficient (Wildman–Crippen LogP) is 2.38. The van der Waals surface area contributed by atoms with Gasteiger partial charge in [-0.2, -0.15) is 18.2 Å². The lowest BCUT2D eigenvalue weighted by Gasteiger charge is -2.18. The quantitative estimate of drug-likeness (QED) is 0.556. The zero-order valence-corrected chi connectivity index (χ0v) is 16.6. The lowest BCUT2D eigenvalue weighted by molar-refractivity contribution is -0.192. The zero-order chi connectivity index (χ0) is 23.2.